The lowest BCUT2D eigenvalue weighted by Crippen LogP contribution is -2.46. The third-order valence-electron chi connectivity index (χ3n) is 6.63. The third kappa shape index (κ3) is 4.19. The first kappa shape index (κ1) is 23.4. The summed E-state index contributed by atoms with van der Waals surface area (Å²) in [7, 11) is 0. The molecule has 1 aromatic carbocycles. The van der Waals surface area contributed by atoms with Gasteiger partial charge in [-0.1, -0.05) is 6.07 Å². The number of amides is 3. The van der Waals surface area contributed by atoms with E-state index < -0.39 is 52.8 Å². The van der Waals surface area contributed by atoms with E-state index in [2.05, 4.69) is 10.3 Å². The van der Waals surface area contributed by atoms with E-state index in [4.69, 9.17) is 4.74 Å². The minimum Gasteiger partial charge on any atom is -0.438 e. The monoisotopic (exact) mass is 499 g/mol. The smallest absolute Gasteiger partial charge is 0.419 e. The molecule has 186 valence electrons. The summed E-state index contributed by atoms with van der Waals surface area (Å²) in [5.41, 5.74) is -2.03. The Balaban J connectivity index is 1.39. The van der Waals surface area contributed by atoms with Crippen LogP contribution >= 0.6 is 0 Å². The number of carbonyl (C=O) groups is 2. The zero-order chi connectivity index (χ0) is 25.2. The van der Waals surface area contributed by atoms with Crippen molar-refractivity contribution < 1.29 is 40.7 Å². The van der Waals surface area contributed by atoms with Gasteiger partial charge in [-0.25, -0.2) is 14.5 Å². The van der Waals surface area contributed by atoms with Gasteiger partial charge in [0, 0.05) is 18.4 Å². The number of aryl methyl sites for hydroxylation is 2. The van der Waals surface area contributed by atoms with E-state index in [1.165, 1.54) is 0 Å². The van der Waals surface area contributed by atoms with Crippen molar-refractivity contribution >= 4 is 12.1 Å². The van der Waals surface area contributed by atoms with Crippen LogP contribution in [0.2, 0.25) is 0 Å². The first-order chi connectivity index (χ1) is 16.4. The second-order valence-corrected chi connectivity index (χ2v) is 9.00. The zero-order valence-corrected chi connectivity index (χ0v) is 18.1. The Morgan fingerprint density at radius 3 is 2.31 bits per heavy atom. The number of nitrogens with one attached hydrogen (secondary N) is 1. The fourth-order valence-electron chi connectivity index (χ4n) is 4.80. The van der Waals surface area contributed by atoms with E-state index in [0.717, 1.165) is 35.4 Å². The summed E-state index contributed by atoms with van der Waals surface area (Å²) >= 11 is 0. The Hall–Kier alpha value is -3.31. The maximum absolute atomic E-state index is 13.3. The molecule has 0 radical (unpaired) electrons. The van der Waals surface area contributed by atoms with Gasteiger partial charge in [0.25, 0.3) is 0 Å². The summed E-state index contributed by atoms with van der Waals surface area (Å²) in [5, 5.41) is 2.59. The van der Waals surface area contributed by atoms with Crippen molar-refractivity contribution in [3.8, 4) is 0 Å². The van der Waals surface area contributed by atoms with Crippen molar-refractivity contribution in [2.24, 2.45) is 0 Å². The maximum atomic E-state index is 13.3. The molecule has 3 aliphatic rings. The molecule has 1 aromatic heterocycles. The van der Waals surface area contributed by atoms with Crippen molar-refractivity contribution in [2.75, 3.05) is 0 Å². The van der Waals surface area contributed by atoms with E-state index >= 15 is 0 Å². The van der Waals surface area contributed by atoms with Gasteiger partial charge in [0.05, 0.1) is 16.7 Å². The second kappa shape index (κ2) is 7.85. The minimum atomic E-state index is -5.05. The Kier molecular flexibility index (Phi) is 5.26. The van der Waals surface area contributed by atoms with Gasteiger partial charge in [0.15, 0.2) is 6.10 Å². The molecule has 1 atom stereocenters. The average molecular weight is 499 g/mol. The number of nitrogens with zero attached hydrogens (tertiary/aromatic N) is 2. The lowest BCUT2D eigenvalue weighted by molar-refractivity contribution is -0.143. The number of ether oxygens (including phenoxy) is 1. The molecular formula is C23H19F6N3O3. The number of alkyl halides is 6. The highest BCUT2D eigenvalue weighted by atomic mass is 19.4. The molecule has 2 fully saturated rings. The lowest BCUT2D eigenvalue weighted by Gasteiger charge is -2.24. The number of fused-ring (bicyclic) bond motifs is 1. The molecule has 2 heterocycles. The summed E-state index contributed by atoms with van der Waals surface area (Å²) in [6.07, 6.45) is -7.91. The Labute approximate surface area is 195 Å². The molecule has 2 aliphatic carbocycles. The van der Waals surface area contributed by atoms with Crippen LogP contribution in [0.3, 0.4) is 0 Å². The molecule has 35 heavy (non-hydrogen) atoms. The summed E-state index contributed by atoms with van der Waals surface area (Å²) in [5.74, 6) is 0. The van der Waals surface area contributed by atoms with E-state index in [0.29, 0.717) is 17.7 Å². The summed E-state index contributed by atoms with van der Waals surface area (Å²) in [6.45, 7) is 0.0470. The van der Waals surface area contributed by atoms with Crippen LogP contribution in [0.4, 0.5) is 35.9 Å². The molecule has 6 nitrogen and oxygen atoms in total. The normalized spacial score (nSPS) is 20.7. The summed E-state index contributed by atoms with van der Waals surface area (Å²) in [6, 6.07) is 2.15. The number of halogens is 6. The third-order valence-corrected chi connectivity index (χ3v) is 6.63. The number of cyclic esters (lactones) is 1. The van der Waals surface area contributed by atoms with Crippen molar-refractivity contribution in [3.05, 3.63) is 64.0 Å². The second-order valence-electron chi connectivity index (χ2n) is 9.00. The number of aromatic nitrogens is 1. The highest BCUT2D eigenvalue weighted by Gasteiger charge is 2.66. The van der Waals surface area contributed by atoms with Crippen LogP contribution in [0, 0.1) is 0 Å². The molecule has 1 aliphatic heterocycles. The molecule has 12 heteroatoms. The zero-order valence-electron chi connectivity index (χ0n) is 18.1. The highest BCUT2D eigenvalue weighted by Crippen LogP contribution is 2.57. The van der Waals surface area contributed by atoms with Gasteiger partial charge in [0.2, 0.25) is 0 Å². The predicted octanol–water partition coefficient (Wildman–Crippen LogP) is 5.54. The van der Waals surface area contributed by atoms with Crippen LogP contribution in [-0.4, -0.2) is 27.5 Å². The number of benzene rings is 1. The number of urea groups is 1. The molecule has 5 rings (SSSR count). The highest BCUT2D eigenvalue weighted by molar-refractivity contribution is 5.94. The predicted molar refractivity (Wildman–Crippen MR) is 108 cm³/mol. The first-order valence-electron chi connectivity index (χ1n) is 10.9. The molecule has 1 saturated heterocycles. The Bertz CT molecular complexity index is 1170. The average Bonchev–Trinajstić information content (AvgIpc) is 3.31. The van der Waals surface area contributed by atoms with Gasteiger partial charge in [-0.3, -0.25) is 4.98 Å². The number of hydrogen-bond donors (Lipinski definition) is 1. The number of pyridine rings is 1. The van der Waals surface area contributed by atoms with Crippen LogP contribution in [0.5, 0.6) is 0 Å². The molecule has 1 saturated carbocycles. The molecule has 2 aromatic rings. The van der Waals surface area contributed by atoms with Gasteiger partial charge in [0.1, 0.15) is 0 Å². The fraction of sp³-hybridized carbons (Fsp3) is 0.435. The molecule has 1 N–H and O–H groups in total. The number of carbonyl (C=O) groups excluding carboxylic acids is 2. The van der Waals surface area contributed by atoms with Crippen molar-refractivity contribution in [3.63, 3.8) is 0 Å². The summed E-state index contributed by atoms with van der Waals surface area (Å²) in [4.78, 5) is 30.6. The lowest BCUT2D eigenvalue weighted by atomic mass is 9.95. The molecule has 0 unspecified atom stereocenters. The maximum Gasteiger partial charge on any atom is 0.419 e. The topological polar surface area (TPSA) is 71.5 Å². The Morgan fingerprint density at radius 1 is 1.06 bits per heavy atom. The number of hydrogen-bond acceptors (Lipinski definition) is 4. The molecular weight excluding hydrogens is 480 g/mol. The van der Waals surface area contributed by atoms with Gasteiger partial charge in [-0.2, -0.15) is 26.3 Å². The van der Waals surface area contributed by atoms with Gasteiger partial charge < -0.3 is 10.1 Å². The Morgan fingerprint density at radius 2 is 1.71 bits per heavy atom. The molecule has 0 bridgehead atoms. The fourth-order valence-corrected chi connectivity index (χ4v) is 4.80. The minimum absolute atomic E-state index is 0.00890. The standard InChI is InChI=1S/C23H19F6N3O3/c24-22(25,26)15-7-14(8-16(9-15)23(27,28)29)18-21(4-5-21)32(20(34)35-18)19(33)31-11-12-6-13-2-1-3-17(13)30-10-12/h6-10,18H,1-5,11H2,(H,31,33)/t18-/m1/s1. The van der Waals surface area contributed by atoms with Crippen LogP contribution in [0.15, 0.2) is 30.5 Å². The number of rotatable bonds is 3. The largest absolute Gasteiger partial charge is 0.438 e. The van der Waals surface area contributed by atoms with Gasteiger partial charge >= 0.3 is 24.5 Å². The molecule has 1 spiro atoms. The summed E-state index contributed by atoms with van der Waals surface area (Å²) < 4.78 is 85.0. The molecule has 3 amide bonds. The SMILES string of the molecule is O=C(NCc1cnc2c(c1)CCC2)N1C(=O)O[C@H](c2cc(C(F)(F)F)cc(C(F)(F)F)c2)C12CC2. The van der Waals surface area contributed by atoms with Crippen LogP contribution in [-0.2, 0) is 36.5 Å². The first-order valence-corrected chi connectivity index (χ1v) is 10.9. The van der Waals surface area contributed by atoms with Crippen molar-refractivity contribution in [2.45, 2.75) is 62.6 Å². The van der Waals surface area contributed by atoms with E-state index in [1.807, 2.05) is 6.07 Å². The van der Waals surface area contributed by atoms with E-state index in [-0.39, 0.29) is 25.5 Å². The van der Waals surface area contributed by atoms with Crippen molar-refractivity contribution in [1.29, 1.82) is 0 Å². The quantitative estimate of drug-likeness (QED) is 0.563. The van der Waals surface area contributed by atoms with Crippen LogP contribution in [0.1, 0.15) is 58.9 Å². The van der Waals surface area contributed by atoms with Crippen LogP contribution in [0.25, 0.3) is 0 Å². The van der Waals surface area contributed by atoms with Gasteiger partial charge in [-0.15, -0.1) is 0 Å². The van der Waals surface area contributed by atoms with Crippen LogP contribution < -0.4 is 5.32 Å². The van der Waals surface area contributed by atoms with E-state index in [1.54, 1.807) is 6.20 Å². The van der Waals surface area contributed by atoms with Crippen molar-refractivity contribution in [1.82, 2.24) is 15.2 Å². The van der Waals surface area contributed by atoms with E-state index in [9.17, 15) is 35.9 Å². The van der Waals surface area contributed by atoms with Gasteiger partial charge in [-0.05, 0) is 67.0 Å². The number of imide groups is 1.